The molecule has 0 bridgehead atoms. The van der Waals surface area contributed by atoms with Crippen LogP contribution in [-0.4, -0.2) is 57.0 Å². The average molecular weight is 482 g/mol. The van der Waals surface area contributed by atoms with Gasteiger partial charge in [0.1, 0.15) is 17.8 Å². The maximum Gasteiger partial charge on any atom is 0.326 e. The molecule has 0 fully saturated rings. The fourth-order valence-corrected chi connectivity index (χ4v) is 3.66. The first-order chi connectivity index (χ1) is 16.6. The molecule has 3 amide bonds. The van der Waals surface area contributed by atoms with Gasteiger partial charge in [0.15, 0.2) is 0 Å². The summed E-state index contributed by atoms with van der Waals surface area (Å²) in [6.45, 7) is 0. The topological polar surface area (TPSA) is 201 Å². The van der Waals surface area contributed by atoms with Crippen LogP contribution in [-0.2, 0) is 32.0 Å². The third kappa shape index (κ3) is 6.81. The number of aromatic nitrogens is 1. The number of amides is 3. The molecule has 1 aromatic heterocycles. The fourth-order valence-electron chi connectivity index (χ4n) is 3.66. The summed E-state index contributed by atoms with van der Waals surface area (Å²) >= 11 is 0. The van der Waals surface area contributed by atoms with Crippen LogP contribution in [0.1, 0.15) is 17.5 Å². The Kier molecular flexibility index (Phi) is 8.05. The van der Waals surface area contributed by atoms with Gasteiger partial charge < -0.3 is 37.3 Å². The van der Waals surface area contributed by atoms with E-state index in [1.807, 2.05) is 24.3 Å². The minimum absolute atomic E-state index is 0.00610. The lowest BCUT2D eigenvalue weighted by atomic mass is 10.0. The number of carboxylic acids is 1. The van der Waals surface area contributed by atoms with Gasteiger partial charge in [0.2, 0.25) is 17.7 Å². The van der Waals surface area contributed by atoms with E-state index in [1.54, 1.807) is 18.3 Å². The lowest BCUT2D eigenvalue weighted by Crippen LogP contribution is -2.56. The highest BCUT2D eigenvalue weighted by atomic mass is 16.4. The summed E-state index contributed by atoms with van der Waals surface area (Å²) in [6, 6.07) is 9.58. The molecule has 184 valence electrons. The van der Waals surface area contributed by atoms with E-state index in [1.165, 1.54) is 12.1 Å². The van der Waals surface area contributed by atoms with Crippen LogP contribution in [0.25, 0.3) is 10.9 Å². The maximum absolute atomic E-state index is 13.1. The van der Waals surface area contributed by atoms with Gasteiger partial charge in [-0.3, -0.25) is 14.4 Å². The van der Waals surface area contributed by atoms with Gasteiger partial charge in [0.25, 0.3) is 0 Å². The minimum Gasteiger partial charge on any atom is -0.508 e. The van der Waals surface area contributed by atoms with E-state index in [4.69, 9.17) is 11.5 Å². The molecular weight excluding hydrogens is 454 g/mol. The second kappa shape index (κ2) is 11.2. The van der Waals surface area contributed by atoms with Crippen LogP contribution >= 0.6 is 0 Å². The van der Waals surface area contributed by atoms with Gasteiger partial charge in [-0.1, -0.05) is 30.3 Å². The van der Waals surface area contributed by atoms with E-state index in [0.29, 0.717) is 11.1 Å². The number of rotatable bonds is 11. The molecule has 0 saturated heterocycles. The quantitative estimate of drug-likeness (QED) is 0.198. The molecule has 11 nitrogen and oxygen atoms in total. The molecule has 0 aliphatic carbocycles. The molecule has 1 heterocycles. The van der Waals surface area contributed by atoms with Crippen molar-refractivity contribution >= 4 is 34.6 Å². The molecule has 0 saturated carbocycles. The molecule has 3 aromatic rings. The molecule has 0 radical (unpaired) electrons. The molecule has 0 aliphatic rings. The van der Waals surface area contributed by atoms with Gasteiger partial charge in [0.05, 0.1) is 12.5 Å². The molecule has 35 heavy (non-hydrogen) atoms. The molecular formula is C24H27N5O6. The average Bonchev–Trinajstić information content (AvgIpc) is 3.21. The number of carbonyl (C=O) groups excluding carboxylic acids is 3. The van der Waals surface area contributed by atoms with Gasteiger partial charge in [-0.25, -0.2) is 4.79 Å². The van der Waals surface area contributed by atoms with Crippen molar-refractivity contribution in [3.63, 3.8) is 0 Å². The van der Waals surface area contributed by atoms with Gasteiger partial charge in [-0.05, 0) is 29.3 Å². The van der Waals surface area contributed by atoms with Crippen molar-refractivity contribution in [2.45, 2.75) is 37.4 Å². The van der Waals surface area contributed by atoms with Crippen molar-refractivity contribution in [2.75, 3.05) is 0 Å². The first-order valence-corrected chi connectivity index (χ1v) is 10.8. The Balaban J connectivity index is 1.79. The van der Waals surface area contributed by atoms with Gasteiger partial charge >= 0.3 is 5.97 Å². The number of aromatic hydroxyl groups is 1. The summed E-state index contributed by atoms with van der Waals surface area (Å²) in [6.07, 6.45) is 1.26. The first kappa shape index (κ1) is 25.2. The Morgan fingerprint density at radius 3 is 2.23 bits per heavy atom. The Bertz CT molecular complexity index is 1220. The number of carboxylic acid groups (broad SMARTS) is 1. The number of aliphatic carboxylic acids is 1. The smallest absolute Gasteiger partial charge is 0.326 e. The van der Waals surface area contributed by atoms with E-state index in [0.717, 1.165) is 10.9 Å². The Labute approximate surface area is 200 Å². The summed E-state index contributed by atoms with van der Waals surface area (Å²) in [4.78, 5) is 51.7. The molecule has 11 heteroatoms. The van der Waals surface area contributed by atoms with Crippen molar-refractivity contribution in [2.24, 2.45) is 11.5 Å². The lowest BCUT2D eigenvalue weighted by Gasteiger charge is -2.23. The number of hydrogen-bond acceptors (Lipinski definition) is 6. The zero-order chi connectivity index (χ0) is 25.5. The molecule has 0 unspecified atom stereocenters. The third-order valence-electron chi connectivity index (χ3n) is 5.48. The van der Waals surface area contributed by atoms with Gasteiger partial charge in [-0.2, -0.15) is 0 Å². The van der Waals surface area contributed by atoms with E-state index >= 15 is 0 Å². The van der Waals surface area contributed by atoms with Gasteiger partial charge in [-0.15, -0.1) is 0 Å². The highest BCUT2D eigenvalue weighted by Crippen LogP contribution is 2.19. The molecule has 0 spiro atoms. The number of primary amides is 1. The summed E-state index contributed by atoms with van der Waals surface area (Å²) in [5, 5.41) is 25.0. The number of aromatic amines is 1. The van der Waals surface area contributed by atoms with Crippen LogP contribution in [0.15, 0.2) is 54.7 Å². The van der Waals surface area contributed by atoms with Crippen molar-refractivity contribution in [3.05, 3.63) is 65.9 Å². The zero-order valence-corrected chi connectivity index (χ0v) is 18.7. The monoisotopic (exact) mass is 481 g/mol. The SMILES string of the molecule is NC(=O)C[C@H](N)C(=O)N[C@@H](Cc1ccc(O)cc1)C(=O)N[C@@H](Cc1c[nH]c2ccccc12)C(=O)O. The van der Waals surface area contributed by atoms with E-state index in [9.17, 15) is 29.4 Å². The van der Waals surface area contributed by atoms with Crippen molar-refractivity contribution < 1.29 is 29.4 Å². The number of carbonyl (C=O) groups is 4. The van der Waals surface area contributed by atoms with E-state index in [-0.39, 0.29) is 18.6 Å². The Morgan fingerprint density at radius 2 is 1.57 bits per heavy atom. The molecule has 3 atom stereocenters. The van der Waals surface area contributed by atoms with Crippen LogP contribution in [0.2, 0.25) is 0 Å². The van der Waals surface area contributed by atoms with Crippen molar-refractivity contribution in [1.29, 1.82) is 0 Å². The summed E-state index contributed by atoms with van der Waals surface area (Å²) in [5.74, 6) is -3.54. The zero-order valence-electron chi connectivity index (χ0n) is 18.7. The van der Waals surface area contributed by atoms with E-state index < -0.39 is 48.2 Å². The largest absolute Gasteiger partial charge is 0.508 e. The highest BCUT2D eigenvalue weighted by molar-refractivity contribution is 5.94. The van der Waals surface area contributed by atoms with Crippen molar-refractivity contribution in [1.82, 2.24) is 15.6 Å². The Morgan fingerprint density at radius 1 is 0.914 bits per heavy atom. The number of benzene rings is 2. The molecule has 2 aromatic carbocycles. The number of hydrogen-bond donors (Lipinski definition) is 7. The Hall–Kier alpha value is -4.38. The van der Waals surface area contributed by atoms with E-state index in [2.05, 4.69) is 15.6 Å². The first-order valence-electron chi connectivity index (χ1n) is 10.8. The minimum atomic E-state index is -1.28. The lowest BCUT2D eigenvalue weighted by molar-refractivity contribution is -0.142. The summed E-state index contributed by atoms with van der Waals surface area (Å²) in [7, 11) is 0. The second-order valence-corrected chi connectivity index (χ2v) is 8.17. The maximum atomic E-state index is 13.1. The second-order valence-electron chi connectivity index (χ2n) is 8.17. The predicted molar refractivity (Wildman–Crippen MR) is 127 cm³/mol. The number of H-pyrrole nitrogens is 1. The van der Waals surface area contributed by atoms with Crippen LogP contribution < -0.4 is 22.1 Å². The van der Waals surface area contributed by atoms with Gasteiger partial charge in [0, 0.05) is 29.9 Å². The number of phenols is 1. The highest BCUT2D eigenvalue weighted by Gasteiger charge is 2.29. The third-order valence-corrected chi connectivity index (χ3v) is 5.48. The number of nitrogens with one attached hydrogen (secondary N) is 3. The molecule has 3 rings (SSSR count). The number of phenolic OH excluding ortho intramolecular Hbond substituents is 1. The number of nitrogens with two attached hydrogens (primary N) is 2. The van der Waals surface area contributed by atoms with Crippen LogP contribution in [0.4, 0.5) is 0 Å². The fraction of sp³-hybridized carbons (Fsp3) is 0.250. The molecule has 9 N–H and O–H groups in total. The normalized spacial score (nSPS) is 13.5. The van der Waals surface area contributed by atoms with Crippen LogP contribution in [0.5, 0.6) is 5.75 Å². The van der Waals surface area contributed by atoms with Crippen LogP contribution in [0, 0.1) is 0 Å². The molecule has 0 aliphatic heterocycles. The summed E-state index contributed by atoms with van der Waals surface area (Å²) < 4.78 is 0. The van der Waals surface area contributed by atoms with Crippen molar-refractivity contribution in [3.8, 4) is 5.75 Å². The number of para-hydroxylation sites is 1. The summed E-state index contributed by atoms with van der Waals surface area (Å²) in [5.41, 5.74) is 12.9. The standard InChI is InChI=1S/C24H27N5O6/c25-17(11-21(26)31)22(32)28-19(9-13-5-7-15(30)8-6-13)23(33)29-20(24(34)35)10-14-12-27-18-4-2-1-3-16(14)18/h1-8,12,17,19-20,27,30H,9-11,25H2,(H2,26,31)(H,28,32)(H,29,33)(H,34,35)/t17-,19-,20-/m0/s1. The predicted octanol–water partition coefficient (Wildman–Crippen LogP) is -0.0844. The number of fused-ring (bicyclic) bond motifs is 1. The van der Waals surface area contributed by atoms with Crippen LogP contribution in [0.3, 0.4) is 0 Å².